The molecule has 2 aromatic rings. The van der Waals surface area contributed by atoms with Crippen LogP contribution in [-0.4, -0.2) is 51.0 Å². The van der Waals surface area contributed by atoms with Gasteiger partial charge in [-0.2, -0.15) is 0 Å². The van der Waals surface area contributed by atoms with Gasteiger partial charge in [0, 0.05) is 23.6 Å². The summed E-state index contributed by atoms with van der Waals surface area (Å²) in [5.41, 5.74) is 1.96. The van der Waals surface area contributed by atoms with E-state index in [-0.39, 0.29) is 28.2 Å². The largest absolute Gasteiger partial charge is 0.357 e. The highest BCUT2D eigenvalue weighted by Crippen LogP contribution is 2.27. The Bertz CT molecular complexity index is 1060. The molecule has 1 N–H and O–H groups in total. The van der Waals surface area contributed by atoms with Crippen LogP contribution in [0.1, 0.15) is 18.1 Å². The van der Waals surface area contributed by atoms with E-state index < -0.39 is 28.5 Å². The number of nitrogens with zero attached hydrogens (tertiary/aromatic N) is 2. The standard InChI is InChI=1S/C21H25Cl2N3O4S/c1-14-7-5-6-8-16(14)12-25(15(2)21(28)24-3)20(27)13-26(31(4,29)30)19-10-17(22)9-18(23)11-19/h5-11,15H,12-13H2,1-4H3,(H,24,28)/t15-/m1/s1. The van der Waals surface area contributed by atoms with Gasteiger partial charge in [-0.25, -0.2) is 8.42 Å². The van der Waals surface area contributed by atoms with Gasteiger partial charge in [-0.3, -0.25) is 13.9 Å². The van der Waals surface area contributed by atoms with Crippen molar-refractivity contribution in [3.8, 4) is 0 Å². The van der Waals surface area contributed by atoms with Crippen LogP contribution in [0.2, 0.25) is 10.0 Å². The van der Waals surface area contributed by atoms with Crippen molar-refractivity contribution in [3.05, 3.63) is 63.6 Å². The van der Waals surface area contributed by atoms with Crippen molar-refractivity contribution < 1.29 is 18.0 Å². The number of sulfonamides is 1. The molecule has 31 heavy (non-hydrogen) atoms. The monoisotopic (exact) mass is 485 g/mol. The average molecular weight is 486 g/mol. The Morgan fingerprint density at radius 1 is 1.10 bits per heavy atom. The summed E-state index contributed by atoms with van der Waals surface area (Å²) in [7, 11) is -2.37. The van der Waals surface area contributed by atoms with Gasteiger partial charge in [0.25, 0.3) is 0 Å². The number of amides is 2. The second-order valence-corrected chi connectivity index (χ2v) is 9.92. The molecule has 0 spiro atoms. The number of likely N-dealkylation sites (N-methyl/N-ethyl adjacent to an activating group) is 1. The van der Waals surface area contributed by atoms with Crippen LogP contribution in [0, 0.1) is 6.92 Å². The molecule has 2 rings (SSSR count). The second-order valence-electron chi connectivity index (χ2n) is 7.14. The summed E-state index contributed by atoms with van der Waals surface area (Å²) in [4.78, 5) is 27.0. The molecule has 0 saturated carbocycles. The van der Waals surface area contributed by atoms with Gasteiger partial charge in [0.05, 0.1) is 11.9 Å². The molecular formula is C21H25Cl2N3O4S. The normalized spacial score (nSPS) is 12.2. The van der Waals surface area contributed by atoms with E-state index >= 15 is 0 Å². The van der Waals surface area contributed by atoms with Gasteiger partial charge < -0.3 is 10.2 Å². The van der Waals surface area contributed by atoms with E-state index in [0.29, 0.717) is 0 Å². The van der Waals surface area contributed by atoms with Crippen molar-refractivity contribution in [1.82, 2.24) is 10.2 Å². The summed E-state index contributed by atoms with van der Waals surface area (Å²) in [6.45, 7) is 3.13. The average Bonchev–Trinajstić information content (AvgIpc) is 2.68. The lowest BCUT2D eigenvalue weighted by Gasteiger charge is -2.31. The molecule has 10 heteroatoms. The summed E-state index contributed by atoms with van der Waals surface area (Å²) in [6.07, 6.45) is 0.989. The molecule has 7 nitrogen and oxygen atoms in total. The Hall–Kier alpha value is -2.29. The highest BCUT2D eigenvalue weighted by atomic mass is 35.5. The van der Waals surface area contributed by atoms with Crippen LogP contribution in [-0.2, 0) is 26.2 Å². The number of aryl methyl sites for hydroxylation is 1. The maximum Gasteiger partial charge on any atom is 0.244 e. The smallest absolute Gasteiger partial charge is 0.244 e. The Kier molecular flexibility index (Phi) is 8.34. The van der Waals surface area contributed by atoms with Gasteiger partial charge >= 0.3 is 0 Å². The first-order chi connectivity index (χ1) is 14.4. The number of hydrogen-bond acceptors (Lipinski definition) is 4. The third-order valence-electron chi connectivity index (χ3n) is 4.83. The van der Waals surface area contributed by atoms with Gasteiger partial charge in [0.2, 0.25) is 21.8 Å². The summed E-state index contributed by atoms with van der Waals surface area (Å²) in [6, 6.07) is 10.9. The minimum Gasteiger partial charge on any atom is -0.357 e. The lowest BCUT2D eigenvalue weighted by Crippen LogP contribution is -2.50. The lowest BCUT2D eigenvalue weighted by molar-refractivity contribution is -0.139. The fourth-order valence-electron chi connectivity index (χ4n) is 3.06. The van der Waals surface area contributed by atoms with Crippen LogP contribution in [0.25, 0.3) is 0 Å². The predicted octanol–water partition coefficient (Wildman–Crippen LogP) is 3.23. The van der Waals surface area contributed by atoms with E-state index in [9.17, 15) is 18.0 Å². The molecule has 0 saturated heterocycles. The number of nitrogens with one attached hydrogen (secondary N) is 1. The van der Waals surface area contributed by atoms with Crippen molar-refractivity contribution in [1.29, 1.82) is 0 Å². The number of benzene rings is 2. The van der Waals surface area contributed by atoms with E-state index in [1.807, 2.05) is 31.2 Å². The van der Waals surface area contributed by atoms with Crippen molar-refractivity contribution in [2.24, 2.45) is 0 Å². The van der Waals surface area contributed by atoms with Gasteiger partial charge in [0.1, 0.15) is 12.6 Å². The van der Waals surface area contributed by atoms with Crippen molar-refractivity contribution in [3.63, 3.8) is 0 Å². The molecule has 1 atom stereocenters. The summed E-state index contributed by atoms with van der Waals surface area (Å²) >= 11 is 12.0. The summed E-state index contributed by atoms with van der Waals surface area (Å²) < 4.78 is 25.9. The number of halogens is 2. The van der Waals surface area contributed by atoms with E-state index in [4.69, 9.17) is 23.2 Å². The van der Waals surface area contributed by atoms with Crippen molar-refractivity contribution in [2.75, 3.05) is 24.2 Å². The first kappa shape index (κ1) is 25.0. The van der Waals surface area contributed by atoms with E-state index in [0.717, 1.165) is 21.7 Å². The van der Waals surface area contributed by atoms with Gasteiger partial charge in [-0.15, -0.1) is 0 Å². The van der Waals surface area contributed by atoms with Gasteiger partial charge in [-0.05, 0) is 43.2 Å². The Morgan fingerprint density at radius 3 is 2.19 bits per heavy atom. The topological polar surface area (TPSA) is 86.8 Å². The zero-order valence-corrected chi connectivity index (χ0v) is 20.1. The molecule has 0 bridgehead atoms. The molecule has 0 heterocycles. The minimum absolute atomic E-state index is 0.147. The SMILES string of the molecule is CNC(=O)[C@@H](C)N(Cc1ccccc1C)C(=O)CN(c1cc(Cl)cc(Cl)c1)S(C)(=O)=O. The van der Waals surface area contributed by atoms with E-state index in [1.165, 1.54) is 30.1 Å². The van der Waals surface area contributed by atoms with Crippen LogP contribution in [0.5, 0.6) is 0 Å². The third-order valence-corrected chi connectivity index (χ3v) is 6.41. The number of hydrogen-bond donors (Lipinski definition) is 1. The molecular weight excluding hydrogens is 461 g/mol. The van der Waals surface area contributed by atoms with Crippen LogP contribution >= 0.6 is 23.2 Å². The molecule has 2 amide bonds. The van der Waals surface area contributed by atoms with Crippen molar-refractivity contribution in [2.45, 2.75) is 26.4 Å². The maximum absolute atomic E-state index is 13.3. The zero-order valence-electron chi connectivity index (χ0n) is 17.7. The summed E-state index contributed by atoms with van der Waals surface area (Å²) in [5.74, 6) is -0.903. The molecule has 0 aromatic heterocycles. The maximum atomic E-state index is 13.3. The second kappa shape index (κ2) is 10.3. The quantitative estimate of drug-likeness (QED) is 0.621. The van der Waals surface area contributed by atoms with Gasteiger partial charge in [-0.1, -0.05) is 47.5 Å². The lowest BCUT2D eigenvalue weighted by atomic mass is 10.1. The molecule has 0 aliphatic carbocycles. The highest BCUT2D eigenvalue weighted by Gasteiger charge is 2.30. The van der Waals surface area contributed by atoms with Crippen LogP contribution < -0.4 is 9.62 Å². The number of carbonyl (C=O) groups excluding carboxylic acids is 2. The molecule has 0 radical (unpaired) electrons. The van der Waals surface area contributed by atoms with Crippen LogP contribution in [0.15, 0.2) is 42.5 Å². The fourth-order valence-corrected chi connectivity index (χ4v) is 4.41. The van der Waals surface area contributed by atoms with Gasteiger partial charge in [0.15, 0.2) is 0 Å². The van der Waals surface area contributed by atoms with Crippen LogP contribution in [0.3, 0.4) is 0 Å². The Labute approximate surface area is 193 Å². The molecule has 0 fully saturated rings. The fraction of sp³-hybridized carbons (Fsp3) is 0.333. The number of carbonyl (C=O) groups is 2. The molecule has 0 unspecified atom stereocenters. The molecule has 0 aliphatic heterocycles. The predicted molar refractivity (Wildman–Crippen MR) is 124 cm³/mol. The van der Waals surface area contributed by atoms with E-state index in [2.05, 4.69) is 5.32 Å². The number of rotatable bonds is 8. The first-order valence-corrected chi connectivity index (χ1v) is 12.0. The summed E-state index contributed by atoms with van der Waals surface area (Å²) in [5, 5.41) is 3.00. The molecule has 168 valence electrons. The zero-order chi connectivity index (χ0) is 23.3. The molecule has 0 aliphatic rings. The first-order valence-electron chi connectivity index (χ1n) is 9.43. The van der Waals surface area contributed by atoms with E-state index in [1.54, 1.807) is 6.92 Å². The minimum atomic E-state index is -3.84. The Balaban J connectivity index is 2.43. The van der Waals surface area contributed by atoms with Crippen molar-refractivity contribution >= 4 is 50.7 Å². The Morgan fingerprint density at radius 2 is 1.68 bits per heavy atom. The highest BCUT2D eigenvalue weighted by molar-refractivity contribution is 7.92. The third kappa shape index (κ3) is 6.59. The van der Waals surface area contributed by atoms with Crippen LogP contribution in [0.4, 0.5) is 5.69 Å². The number of anilines is 1. The molecule has 2 aromatic carbocycles.